The topological polar surface area (TPSA) is 41.3 Å². The Morgan fingerprint density at radius 2 is 1.81 bits per heavy atom. The van der Waals surface area contributed by atoms with Crippen LogP contribution in [0, 0.1) is 0 Å². The van der Waals surface area contributed by atoms with Crippen molar-refractivity contribution < 1.29 is 0 Å². The Morgan fingerprint density at radius 1 is 1.19 bits per heavy atom. The Bertz CT molecular complexity index is 159. The number of hydrogen-bond donors (Lipinski definition) is 2. The molecule has 3 unspecified atom stereocenters. The minimum atomic E-state index is 0.326. The van der Waals surface area contributed by atoms with Crippen molar-refractivity contribution in [3.05, 3.63) is 0 Å². The van der Waals surface area contributed by atoms with Crippen molar-refractivity contribution in [3.63, 3.8) is 0 Å². The number of nitrogens with two attached hydrogens (primary N) is 1. The molecule has 0 aromatic heterocycles. The molecule has 0 aliphatic rings. The van der Waals surface area contributed by atoms with Crippen LogP contribution in [0.1, 0.15) is 47.0 Å². The quantitative estimate of drug-likeness (QED) is 0.634. The number of hydrogen-bond acceptors (Lipinski definition) is 3. The summed E-state index contributed by atoms with van der Waals surface area (Å²) >= 11 is 0. The van der Waals surface area contributed by atoms with Crippen LogP contribution in [0.3, 0.4) is 0 Å². The van der Waals surface area contributed by atoms with Gasteiger partial charge in [0, 0.05) is 24.7 Å². The van der Waals surface area contributed by atoms with E-state index in [0.29, 0.717) is 18.1 Å². The first kappa shape index (κ1) is 15.9. The SMILES string of the molecule is CCC(CCC(C)N)NCC(C)N(C)CC. The van der Waals surface area contributed by atoms with Crippen LogP contribution in [0.5, 0.6) is 0 Å². The molecule has 0 bridgehead atoms. The predicted molar refractivity (Wildman–Crippen MR) is 72.7 cm³/mol. The molecule has 0 radical (unpaired) electrons. The fraction of sp³-hybridized carbons (Fsp3) is 1.00. The highest BCUT2D eigenvalue weighted by Crippen LogP contribution is 2.04. The molecular formula is C13H31N3. The molecule has 0 aromatic carbocycles. The Labute approximate surface area is 102 Å². The summed E-state index contributed by atoms with van der Waals surface area (Å²) in [5, 5.41) is 3.64. The molecule has 0 aromatic rings. The summed E-state index contributed by atoms with van der Waals surface area (Å²) < 4.78 is 0. The van der Waals surface area contributed by atoms with Crippen molar-refractivity contribution in [1.29, 1.82) is 0 Å². The van der Waals surface area contributed by atoms with Crippen molar-refractivity contribution in [2.75, 3.05) is 20.1 Å². The molecule has 3 nitrogen and oxygen atoms in total. The van der Waals surface area contributed by atoms with Crippen molar-refractivity contribution in [2.45, 2.75) is 65.1 Å². The van der Waals surface area contributed by atoms with Crippen molar-refractivity contribution in [2.24, 2.45) is 5.73 Å². The lowest BCUT2D eigenvalue weighted by Gasteiger charge is -2.26. The van der Waals surface area contributed by atoms with E-state index in [1.165, 1.54) is 12.8 Å². The van der Waals surface area contributed by atoms with Crippen LogP contribution in [0.15, 0.2) is 0 Å². The van der Waals surface area contributed by atoms with Crippen LogP contribution in [0.25, 0.3) is 0 Å². The second-order valence-electron chi connectivity index (χ2n) is 4.99. The van der Waals surface area contributed by atoms with Crippen LogP contribution in [-0.2, 0) is 0 Å². The van der Waals surface area contributed by atoms with Gasteiger partial charge in [0.05, 0.1) is 0 Å². The van der Waals surface area contributed by atoms with Gasteiger partial charge in [-0.2, -0.15) is 0 Å². The highest BCUT2D eigenvalue weighted by Gasteiger charge is 2.11. The third-order valence-corrected chi connectivity index (χ3v) is 3.42. The normalized spacial score (nSPS) is 17.4. The van der Waals surface area contributed by atoms with E-state index in [-0.39, 0.29) is 0 Å². The van der Waals surface area contributed by atoms with Gasteiger partial charge in [-0.05, 0) is 46.7 Å². The molecule has 0 saturated heterocycles. The molecule has 3 heteroatoms. The van der Waals surface area contributed by atoms with E-state index >= 15 is 0 Å². The molecule has 0 aliphatic heterocycles. The van der Waals surface area contributed by atoms with Gasteiger partial charge in [0.15, 0.2) is 0 Å². The zero-order valence-electron chi connectivity index (χ0n) is 11.8. The molecule has 0 amide bonds. The molecule has 0 heterocycles. The van der Waals surface area contributed by atoms with Gasteiger partial charge in [-0.25, -0.2) is 0 Å². The van der Waals surface area contributed by atoms with Crippen molar-refractivity contribution in [1.82, 2.24) is 10.2 Å². The lowest BCUT2D eigenvalue weighted by atomic mass is 10.1. The van der Waals surface area contributed by atoms with Crippen LogP contribution in [-0.4, -0.2) is 43.2 Å². The Morgan fingerprint density at radius 3 is 2.25 bits per heavy atom. The van der Waals surface area contributed by atoms with Crippen molar-refractivity contribution >= 4 is 0 Å². The standard InChI is InChI=1S/C13H31N3/c1-6-13(9-8-11(3)14)15-10-12(4)16(5)7-2/h11-13,15H,6-10,14H2,1-5H3. The minimum absolute atomic E-state index is 0.326. The first-order chi connectivity index (χ1) is 7.51. The molecular weight excluding hydrogens is 198 g/mol. The molecule has 98 valence electrons. The summed E-state index contributed by atoms with van der Waals surface area (Å²) in [4.78, 5) is 2.37. The lowest BCUT2D eigenvalue weighted by Crippen LogP contribution is -2.41. The first-order valence-electron chi connectivity index (χ1n) is 6.70. The highest BCUT2D eigenvalue weighted by molar-refractivity contribution is 4.72. The largest absolute Gasteiger partial charge is 0.328 e. The third kappa shape index (κ3) is 7.20. The number of nitrogens with zero attached hydrogens (tertiary/aromatic N) is 1. The molecule has 0 aliphatic carbocycles. The summed E-state index contributed by atoms with van der Waals surface area (Å²) in [5.41, 5.74) is 5.79. The molecule has 0 fully saturated rings. The maximum Gasteiger partial charge on any atom is 0.0189 e. The minimum Gasteiger partial charge on any atom is -0.328 e. The smallest absolute Gasteiger partial charge is 0.0189 e. The maximum atomic E-state index is 5.79. The van der Waals surface area contributed by atoms with E-state index in [2.05, 4.69) is 45.0 Å². The molecule has 3 N–H and O–H groups in total. The summed E-state index contributed by atoms with van der Waals surface area (Å²) in [6, 6.07) is 1.56. The summed E-state index contributed by atoms with van der Waals surface area (Å²) in [5.74, 6) is 0. The van der Waals surface area contributed by atoms with E-state index in [0.717, 1.165) is 19.5 Å². The first-order valence-corrected chi connectivity index (χ1v) is 6.70. The zero-order chi connectivity index (χ0) is 12.6. The third-order valence-electron chi connectivity index (χ3n) is 3.42. The van der Waals surface area contributed by atoms with Crippen molar-refractivity contribution in [3.8, 4) is 0 Å². The number of likely N-dealkylation sites (N-methyl/N-ethyl adjacent to an activating group) is 1. The monoisotopic (exact) mass is 229 g/mol. The van der Waals surface area contributed by atoms with E-state index < -0.39 is 0 Å². The molecule has 0 saturated carbocycles. The molecule has 0 spiro atoms. The average Bonchev–Trinajstić information content (AvgIpc) is 2.27. The fourth-order valence-electron chi connectivity index (χ4n) is 1.72. The summed E-state index contributed by atoms with van der Waals surface area (Å²) in [7, 11) is 2.18. The van der Waals surface area contributed by atoms with Crippen LogP contribution >= 0.6 is 0 Å². The van der Waals surface area contributed by atoms with Crippen LogP contribution in [0.4, 0.5) is 0 Å². The highest BCUT2D eigenvalue weighted by atomic mass is 15.1. The zero-order valence-corrected chi connectivity index (χ0v) is 11.8. The maximum absolute atomic E-state index is 5.79. The van der Waals surface area contributed by atoms with Gasteiger partial charge >= 0.3 is 0 Å². The van der Waals surface area contributed by atoms with Gasteiger partial charge in [-0.15, -0.1) is 0 Å². The Hall–Kier alpha value is -0.120. The van der Waals surface area contributed by atoms with Gasteiger partial charge in [0.2, 0.25) is 0 Å². The van der Waals surface area contributed by atoms with Crippen LogP contribution in [0.2, 0.25) is 0 Å². The molecule has 16 heavy (non-hydrogen) atoms. The van der Waals surface area contributed by atoms with Gasteiger partial charge < -0.3 is 16.0 Å². The van der Waals surface area contributed by atoms with Gasteiger partial charge in [0.25, 0.3) is 0 Å². The van der Waals surface area contributed by atoms with Gasteiger partial charge in [-0.3, -0.25) is 0 Å². The van der Waals surface area contributed by atoms with E-state index in [1.54, 1.807) is 0 Å². The lowest BCUT2D eigenvalue weighted by molar-refractivity contribution is 0.253. The van der Waals surface area contributed by atoms with Crippen LogP contribution < -0.4 is 11.1 Å². The van der Waals surface area contributed by atoms with Gasteiger partial charge in [-0.1, -0.05) is 13.8 Å². The number of nitrogens with one attached hydrogen (secondary N) is 1. The van der Waals surface area contributed by atoms with E-state index in [9.17, 15) is 0 Å². The Kier molecular flexibility index (Phi) is 8.90. The second kappa shape index (κ2) is 8.97. The fourth-order valence-corrected chi connectivity index (χ4v) is 1.72. The summed E-state index contributed by atoms with van der Waals surface area (Å²) in [6.45, 7) is 11.0. The Balaban J connectivity index is 3.77. The van der Waals surface area contributed by atoms with E-state index in [1.807, 2.05) is 0 Å². The second-order valence-corrected chi connectivity index (χ2v) is 4.99. The number of rotatable bonds is 9. The molecule has 0 rings (SSSR count). The average molecular weight is 229 g/mol. The predicted octanol–water partition coefficient (Wildman–Crippen LogP) is 1.82. The van der Waals surface area contributed by atoms with Gasteiger partial charge in [0.1, 0.15) is 0 Å². The summed E-state index contributed by atoms with van der Waals surface area (Å²) in [6.07, 6.45) is 3.50. The molecule has 3 atom stereocenters. The van der Waals surface area contributed by atoms with E-state index in [4.69, 9.17) is 5.73 Å².